The summed E-state index contributed by atoms with van der Waals surface area (Å²) in [6, 6.07) is 7.79. The van der Waals surface area contributed by atoms with E-state index in [-0.39, 0.29) is 5.69 Å². The minimum atomic E-state index is -1.01. The first kappa shape index (κ1) is 12.9. The molecule has 1 aromatic carbocycles. The highest BCUT2D eigenvalue weighted by atomic mass is 16.4. The molecule has 104 valence electrons. The van der Waals surface area contributed by atoms with E-state index in [2.05, 4.69) is 4.98 Å². The number of nitrogens with zero attached hydrogens (tertiary/aromatic N) is 2. The molecule has 2 aromatic rings. The zero-order chi connectivity index (χ0) is 14.3. The van der Waals surface area contributed by atoms with E-state index in [1.807, 2.05) is 35.8 Å². The maximum absolute atomic E-state index is 11.3. The molecule has 0 aliphatic carbocycles. The van der Waals surface area contributed by atoms with Crippen LogP contribution >= 0.6 is 0 Å². The number of hydrogen-bond acceptors (Lipinski definition) is 3. The summed E-state index contributed by atoms with van der Waals surface area (Å²) in [5, 5.41) is 19.1. The molecule has 0 spiro atoms. The Morgan fingerprint density at radius 1 is 1.45 bits per heavy atom. The van der Waals surface area contributed by atoms with Crippen molar-refractivity contribution < 1.29 is 15.0 Å². The van der Waals surface area contributed by atoms with Gasteiger partial charge in [0.15, 0.2) is 5.69 Å². The summed E-state index contributed by atoms with van der Waals surface area (Å²) in [6.45, 7) is 2.38. The highest BCUT2D eigenvalue weighted by Gasteiger charge is 2.27. The first-order valence-electron chi connectivity index (χ1n) is 6.64. The number of hydrogen-bond donors (Lipinski definition) is 2. The lowest BCUT2D eigenvalue weighted by molar-refractivity contribution is 0.0686. The summed E-state index contributed by atoms with van der Waals surface area (Å²) in [5.74, 6) is -0.385. The zero-order valence-corrected chi connectivity index (χ0v) is 11.2. The Labute approximate surface area is 116 Å². The van der Waals surface area contributed by atoms with E-state index in [9.17, 15) is 15.0 Å². The number of aliphatic hydroxyl groups is 1. The number of rotatable bonds is 2. The maximum atomic E-state index is 11.3. The molecule has 0 bridgehead atoms. The van der Waals surface area contributed by atoms with Gasteiger partial charge in [0, 0.05) is 5.56 Å². The van der Waals surface area contributed by atoms with Crippen molar-refractivity contribution in [3.63, 3.8) is 0 Å². The van der Waals surface area contributed by atoms with Crippen LogP contribution in [0.15, 0.2) is 24.3 Å². The first-order chi connectivity index (χ1) is 9.56. The summed E-state index contributed by atoms with van der Waals surface area (Å²) in [7, 11) is 0. The van der Waals surface area contributed by atoms with Crippen molar-refractivity contribution in [1.29, 1.82) is 0 Å². The second-order valence-corrected chi connectivity index (χ2v) is 5.21. The van der Waals surface area contributed by atoms with Crippen molar-refractivity contribution in [3.8, 4) is 11.4 Å². The lowest BCUT2D eigenvalue weighted by Crippen LogP contribution is -2.25. The molecule has 1 aliphatic heterocycles. The summed E-state index contributed by atoms with van der Waals surface area (Å²) in [5.41, 5.74) is 2.79. The Bertz CT molecular complexity index is 676. The van der Waals surface area contributed by atoms with Gasteiger partial charge in [-0.3, -0.25) is 0 Å². The molecular weight excluding hydrogens is 256 g/mol. The number of benzene rings is 1. The van der Waals surface area contributed by atoms with E-state index in [1.54, 1.807) is 0 Å². The fourth-order valence-electron chi connectivity index (χ4n) is 2.72. The molecular formula is C15H16N2O3. The van der Waals surface area contributed by atoms with Crippen LogP contribution in [0.4, 0.5) is 0 Å². The largest absolute Gasteiger partial charge is 0.476 e. The molecule has 1 aliphatic rings. The highest BCUT2D eigenvalue weighted by Crippen LogP contribution is 2.28. The molecule has 2 heterocycles. The Morgan fingerprint density at radius 2 is 2.25 bits per heavy atom. The molecule has 1 aromatic heterocycles. The molecule has 1 atom stereocenters. The van der Waals surface area contributed by atoms with Crippen LogP contribution in [0.25, 0.3) is 11.4 Å². The maximum Gasteiger partial charge on any atom is 0.356 e. The first-order valence-corrected chi connectivity index (χ1v) is 6.64. The quantitative estimate of drug-likeness (QED) is 0.875. The van der Waals surface area contributed by atoms with Crippen LogP contribution in [0.3, 0.4) is 0 Å². The standard InChI is InChI=1S/C15H16N2O3/c1-9-3-2-4-10(7-9)14-16-13(15(19)20)12-6-5-11(18)8-17(12)14/h2-4,7,11,18H,5-6,8H2,1H3,(H,19,20). The number of imidazole rings is 1. The Balaban J connectivity index is 2.18. The molecule has 0 amide bonds. The Hall–Kier alpha value is -2.14. The third-order valence-electron chi connectivity index (χ3n) is 3.66. The molecule has 3 rings (SSSR count). The number of carboxylic acids is 1. The van der Waals surface area contributed by atoms with Crippen molar-refractivity contribution in [3.05, 3.63) is 41.2 Å². The molecule has 2 N–H and O–H groups in total. The van der Waals surface area contributed by atoms with Crippen LogP contribution in [-0.4, -0.2) is 31.8 Å². The third-order valence-corrected chi connectivity index (χ3v) is 3.66. The highest BCUT2D eigenvalue weighted by molar-refractivity contribution is 5.88. The lowest BCUT2D eigenvalue weighted by atomic mass is 10.1. The molecule has 0 fully saturated rings. The molecule has 0 saturated carbocycles. The SMILES string of the molecule is Cc1cccc(-c2nc(C(=O)O)c3n2CC(O)CC3)c1. The Kier molecular flexibility index (Phi) is 3.06. The second-order valence-electron chi connectivity index (χ2n) is 5.21. The van der Waals surface area contributed by atoms with Crippen LogP contribution < -0.4 is 0 Å². The van der Waals surface area contributed by atoms with Gasteiger partial charge < -0.3 is 14.8 Å². The van der Waals surface area contributed by atoms with Crippen molar-refractivity contribution in [1.82, 2.24) is 9.55 Å². The zero-order valence-electron chi connectivity index (χ0n) is 11.2. The van der Waals surface area contributed by atoms with Crippen LogP contribution in [0.1, 0.15) is 28.2 Å². The van der Waals surface area contributed by atoms with E-state index in [1.165, 1.54) is 0 Å². The van der Waals surface area contributed by atoms with E-state index in [0.717, 1.165) is 11.1 Å². The summed E-state index contributed by atoms with van der Waals surface area (Å²) < 4.78 is 1.84. The van der Waals surface area contributed by atoms with Gasteiger partial charge in [0.25, 0.3) is 0 Å². The number of aromatic carboxylic acids is 1. The number of aryl methyl sites for hydroxylation is 1. The van der Waals surface area contributed by atoms with E-state index >= 15 is 0 Å². The number of aliphatic hydroxyl groups excluding tert-OH is 1. The molecule has 5 nitrogen and oxygen atoms in total. The van der Waals surface area contributed by atoms with Crippen LogP contribution in [0.2, 0.25) is 0 Å². The number of aromatic nitrogens is 2. The van der Waals surface area contributed by atoms with Crippen LogP contribution in [0.5, 0.6) is 0 Å². The van der Waals surface area contributed by atoms with Gasteiger partial charge in [0.2, 0.25) is 0 Å². The molecule has 5 heteroatoms. The number of carbonyl (C=O) groups is 1. The van der Waals surface area contributed by atoms with Crippen molar-refractivity contribution in [2.45, 2.75) is 32.4 Å². The number of fused-ring (bicyclic) bond motifs is 1. The van der Waals surface area contributed by atoms with Crippen LogP contribution in [-0.2, 0) is 13.0 Å². The Morgan fingerprint density at radius 3 is 2.95 bits per heavy atom. The van der Waals surface area contributed by atoms with E-state index in [0.29, 0.717) is 30.9 Å². The second kappa shape index (κ2) is 4.76. The van der Waals surface area contributed by atoms with Crippen molar-refractivity contribution >= 4 is 5.97 Å². The molecule has 0 radical (unpaired) electrons. The van der Waals surface area contributed by atoms with Gasteiger partial charge in [-0.2, -0.15) is 0 Å². The van der Waals surface area contributed by atoms with Crippen molar-refractivity contribution in [2.75, 3.05) is 0 Å². The van der Waals surface area contributed by atoms with Gasteiger partial charge in [-0.05, 0) is 25.8 Å². The summed E-state index contributed by atoms with van der Waals surface area (Å²) >= 11 is 0. The molecule has 1 unspecified atom stereocenters. The minimum Gasteiger partial charge on any atom is -0.476 e. The van der Waals surface area contributed by atoms with Gasteiger partial charge in [-0.15, -0.1) is 0 Å². The number of carboxylic acid groups (broad SMARTS) is 1. The van der Waals surface area contributed by atoms with E-state index in [4.69, 9.17) is 0 Å². The van der Waals surface area contributed by atoms with Crippen LogP contribution in [0, 0.1) is 6.92 Å². The predicted octanol–water partition coefficient (Wildman–Crippen LogP) is 1.86. The van der Waals surface area contributed by atoms with E-state index < -0.39 is 12.1 Å². The average molecular weight is 272 g/mol. The van der Waals surface area contributed by atoms with Crippen molar-refractivity contribution in [2.24, 2.45) is 0 Å². The summed E-state index contributed by atoms with van der Waals surface area (Å²) in [4.78, 5) is 15.6. The third kappa shape index (κ3) is 2.10. The van der Waals surface area contributed by atoms with Gasteiger partial charge in [0.05, 0.1) is 18.3 Å². The molecule has 0 saturated heterocycles. The smallest absolute Gasteiger partial charge is 0.356 e. The van der Waals surface area contributed by atoms with Gasteiger partial charge in [-0.1, -0.05) is 23.8 Å². The van der Waals surface area contributed by atoms with Gasteiger partial charge in [0.1, 0.15) is 5.82 Å². The minimum absolute atomic E-state index is 0.105. The normalized spacial score (nSPS) is 17.8. The fraction of sp³-hybridized carbons (Fsp3) is 0.333. The fourth-order valence-corrected chi connectivity index (χ4v) is 2.72. The summed E-state index contributed by atoms with van der Waals surface area (Å²) in [6.07, 6.45) is 0.683. The molecule has 20 heavy (non-hydrogen) atoms. The lowest BCUT2D eigenvalue weighted by Gasteiger charge is -2.21. The topological polar surface area (TPSA) is 75.3 Å². The van der Waals surface area contributed by atoms with Gasteiger partial charge >= 0.3 is 5.97 Å². The monoisotopic (exact) mass is 272 g/mol. The average Bonchev–Trinajstić information content (AvgIpc) is 2.77. The van der Waals surface area contributed by atoms with Gasteiger partial charge in [-0.25, -0.2) is 9.78 Å². The predicted molar refractivity (Wildman–Crippen MR) is 73.7 cm³/mol.